The maximum atomic E-state index is 4.41. The van der Waals surface area contributed by atoms with E-state index in [1.54, 1.807) is 0 Å². The normalized spacial score (nSPS) is 14.1. The van der Waals surface area contributed by atoms with Crippen LogP contribution in [-0.4, -0.2) is 46.3 Å². The minimum atomic E-state index is 0. The summed E-state index contributed by atoms with van der Waals surface area (Å²) in [6.07, 6.45) is 6.84. The van der Waals surface area contributed by atoms with Gasteiger partial charge in [-0.25, -0.2) is 0 Å². The van der Waals surface area contributed by atoms with Crippen LogP contribution in [0.5, 0.6) is 0 Å². The zero-order valence-electron chi connectivity index (χ0n) is 16.4. The molecule has 2 heterocycles. The van der Waals surface area contributed by atoms with Crippen molar-refractivity contribution < 1.29 is 0 Å². The first-order chi connectivity index (χ1) is 12.8. The number of aliphatic imine (C=N–C) groups is 1. The summed E-state index contributed by atoms with van der Waals surface area (Å²) in [4.78, 5) is 6.55. The highest BCUT2D eigenvalue weighted by atomic mass is 127. The first kappa shape index (κ1) is 21.7. The average Bonchev–Trinajstić information content (AvgIpc) is 2.88. The van der Waals surface area contributed by atoms with Crippen molar-refractivity contribution in [2.24, 2.45) is 4.99 Å². The van der Waals surface area contributed by atoms with E-state index in [1.165, 1.54) is 30.7 Å². The van der Waals surface area contributed by atoms with Gasteiger partial charge in [-0.15, -0.1) is 34.2 Å². The smallest absolute Gasteiger partial charge is 0.193 e. The summed E-state index contributed by atoms with van der Waals surface area (Å²) in [5.74, 6) is 3.23. The highest BCUT2D eigenvalue weighted by Crippen LogP contribution is 2.15. The van der Waals surface area contributed by atoms with E-state index in [4.69, 9.17) is 0 Å². The molecule has 1 aromatic heterocycles. The van der Waals surface area contributed by atoms with Gasteiger partial charge in [0.15, 0.2) is 5.96 Å². The largest absolute Gasteiger partial charge is 0.356 e. The highest BCUT2D eigenvalue weighted by Gasteiger charge is 2.14. The fourth-order valence-corrected chi connectivity index (χ4v) is 3.49. The van der Waals surface area contributed by atoms with Crippen LogP contribution in [0.3, 0.4) is 0 Å². The minimum absolute atomic E-state index is 0. The maximum absolute atomic E-state index is 4.41. The number of nitrogens with one attached hydrogen (secondary N) is 1. The molecule has 27 heavy (non-hydrogen) atoms. The summed E-state index contributed by atoms with van der Waals surface area (Å²) in [5, 5.41) is 12.3. The minimum Gasteiger partial charge on any atom is -0.356 e. The fraction of sp³-hybridized carbons (Fsp3) is 0.550. The molecular formula is C20H31IN6. The molecule has 0 bridgehead atoms. The Balaban J connectivity index is 0.00000261. The second-order valence-corrected chi connectivity index (χ2v) is 6.91. The van der Waals surface area contributed by atoms with Crippen molar-refractivity contribution in [1.82, 2.24) is 25.0 Å². The number of guanidine groups is 1. The molecule has 0 amide bonds. The molecule has 148 valence electrons. The fourth-order valence-electron chi connectivity index (χ4n) is 3.49. The van der Waals surface area contributed by atoms with E-state index in [2.05, 4.69) is 61.3 Å². The predicted octanol–water partition coefficient (Wildman–Crippen LogP) is 3.26. The predicted molar refractivity (Wildman–Crippen MR) is 121 cm³/mol. The Labute approximate surface area is 179 Å². The van der Waals surface area contributed by atoms with Crippen LogP contribution in [0, 0.1) is 0 Å². The molecule has 2 aromatic rings. The van der Waals surface area contributed by atoms with E-state index in [1.807, 2.05) is 13.1 Å². The number of hydrogen-bond acceptors (Lipinski definition) is 3. The lowest BCUT2D eigenvalue weighted by molar-refractivity contribution is 0.475. The number of halogens is 1. The number of rotatable bonds is 6. The van der Waals surface area contributed by atoms with Gasteiger partial charge in [-0.05, 0) is 24.8 Å². The standard InChI is InChI=1S/C20H30N6.HI/c1-21-20(25(2)16-17-10-5-3-6-11-17)22-14-9-13-19-24-23-18-12-7-4-8-15-26(18)19;/h3,5-6,10-11H,4,7-9,12-16H2,1-2H3,(H,21,22);1H. The second-order valence-electron chi connectivity index (χ2n) is 6.91. The SMILES string of the molecule is CN=C(NCCCc1nnc2n1CCCCC2)N(C)Cc1ccccc1.I. The van der Waals surface area contributed by atoms with E-state index in [0.717, 1.165) is 50.7 Å². The van der Waals surface area contributed by atoms with Gasteiger partial charge in [0.2, 0.25) is 0 Å². The van der Waals surface area contributed by atoms with Crippen molar-refractivity contribution in [3.63, 3.8) is 0 Å². The van der Waals surface area contributed by atoms with Gasteiger partial charge in [0.1, 0.15) is 11.6 Å². The monoisotopic (exact) mass is 482 g/mol. The van der Waals surface area contributed by atoms with Crippen LogP contribution < -0.4 is 5.32 Å². The van der Waals surface area contributed by atoms with Gasteiger partial charge in [-0.2, -0.15) is 0 Å². The Morgan fingerprint density at radius 2 is 2.00 bits per heavy atom. The van der Waals surface area contributed by atoms with E-state index in [9.17, 15) is 0 Å². The van der Waals surface area contributed by atoms with Crippen LogP contribution >= 0.6 is 24.0 Å². The van der Waals surface area contributed by atoms with Crippen molar-refractivity contribution in [3.05, 3.63) is 47.5 Å². The van der Waals surface area contributed by atoms with Crippen LogP contribution in [-0.2, 0) is 25.9 Å². The molecule has 1 aliphatic heterocycles. The highest BCUT2D eigenvalue weighted by molar-refractivity contribution is 14.0. The van der Waals surface area contributed by atoms with E-state index < -0.39 is 0 Å². The summed E-state index contributed by atoms with van der Waals surface area (Å²) in [6.45, 7) is 2.80. The molecule has 6 nitrogen and oxygen atoms in total. The van der Waals surface area contributed by atoms with Crippen LogP contribution in [0.4, 0.5) is 0 Å². The van der Waals surface area contributed by atoms with E-state index in [-0.39, 0.29) is 24.0 Å². The van der Waals surface area contributed by atoms with Crippen LogP contribution in [0.2, 0.25) is 0 Å². The number of aryl methyl sites for hydroxylation is 2. The average molecular weight is 482 g/mol. The summed E-state index contributed by atoms with van der Waals surface area (Å²) in [5.41, 5.74) is 1.28. The van der Waals surface area contributed by atoms with Gasteiger partial charge < -0.3 is 14.8 Å². The van der Waals surface area contributed by atoms with Crippen molar-refractivity contribution >= 4 is 29.9 Å². The number of aromatic nitrogens is 3. The topological polar surface area (TPSA) is 58.3 Å². The Morgan fingerprint density at radius 3 is 2.78 bits per heavy atom. The number of fused-ring (bicyclic) bond motifs is 1. The summed E-state index contributed by atoms with van der Waals surface area (Å²) in [7, 11) is 3.91. The van der Waals surface area contributed by atoms with Gasteiger partial charge in [-0.3, -0.25) is 4.99 Å². The Kier molecular flexibility index (Phi) is 9.03. The molecule has 1 aromatic carbocycles. The molecule has 0 atom stereocenters. The molecule has 1 N–H and O–H groups in total. The molecule has 3 rings (SSSR count). The third-order valence-corrected chi connectivity index (χ3v) is 4.88. The molecule has 0 unspecified atom stereocenters. The van der Waals surface area contributed by atoms with Crippen LogP contribution in [0.25, 0.3) is 0 Å². The maximum Gasteiger partial charge on any atom is 0.193 e. The molecule has 1 aliphatic rings. The summed E-state index contributed by atoms with van der Waals surface area (Å²) >= 11 is 0. The second kappa shape index (κ2) is 11.3. The lowest BCUT2D eigenvalue weighted by Gasteiger charge is -2.22. The summed E-state index contributed by atoms with van der Waals surface area (Å²) < 4.78 is 2.34. The first-order valence-corrected chi connectivity index (χ1v) is 9.64. The molecule has 0 aliphatic carbocycles. The van der Waals surface area contributed by atoms with E-state index >= 15 is 0 Å². The third kappa shape index (κ3) is 6.19. The Hall–Kier alpha value is -1.64. The molecule has 7 heteroatoms. The quantitative estimate of drug-likeness (QED) is 0.297. The number of hydrogen-bond donors (Lipinski definition) is 1. The molecule has 0 saturated heterocycles. The van der Waals surface area contributed by atoms with E-state index in [0.29, 0.717) is 0 Å². The van der Waals surface area contributed by atoms with Gasteiger partial charge in [0, 0.05) is 46.6 Å². The first-order valence-electron chi connectivity index (χ1n) is 9.64. The Morgan fingerprint density at radius 1 is 1.19 bits per heavy atom. The van der Waals surface area contributed by atoms with Crippen molar-refractivity contribution in [1.29, 1.82) is 0 Å². The Bertz CT molecular complexity index is 713. The van der Waals surface area contributed by atoms with Crippen molar-refractivity contribution in [2.75, 3.05) is 20.6 Å². The van der Waals surface area contributed by atoms with Gasteiger partial charge in [0.05, 0.1) is 0 Å². The third-order valence-electron chi connectivity index (χ3n) is 4.88. The lowest BCUT2D eigenvalue weighted by Crippen LogP contribution is -2.39. The molecular weight excluding hydrogens is 451 g/mol. The molecule has 0 saturated carbocycles. The molecule has 0 fully saturated rings. The van der Waals surface area contributed by atoms with Crippen molar-refractivity contribution in [3.8, 4) is 0 Å². The van der Waals surface area contributed by atoms with Crippen LogP contribution in [0.1, 0.15) is 42.9 Å². The number of nitrogens with zero attached hydrogens (tertiary/aromatic N) is 5. The summed E-state index contributed by atoms with van der Waals surface area (Å²) in [6, 6.07) is 10.5. The zero-order chi connectivity index (χ0) is 18.2. The lowest BCUT2D eigenvalue weighted by atomic mass is 10.2. The van der Waals surface area contributed by atoms with Gasteiger partial charge in [0.25, 0.3) is 0 Å². The van der Waals surface area contributed by atoms with Crippen LogP contribution in [0.15, 0.2) is 35.3 Å². The van der Waals surface area contributed by atoms with Gasteiger partial charge >= 0.3 is 0 Å². The van der Waals surface area contributed by atoms with Gasteiger partial charge in [-0.1, -0.05) is 36.8 Å². The molecule has 0 radical (unpaired) electrons. The zero-order valence-corrected chi connectivity index (χ0v) is 18.7. The number of benzene rings is 1. The molecule has 0 spiro atoms. The van der Waals surface area contributed by atoms with Crippen molar-refractivity contribution in [2.45, 2.75) is 51.6 Å².